The number of fused-ring (bicyclic) bond motifs is 2. The van der Waals surface area contributed by atoms with E-state index in [0.29, 0.717) is 16.8 Å². The number of rotatable bonds is 8. The van der Waals surface area contributed by atoms with Gasteiger partial charge in [-0.25, -0.2) is 27.3 Å². The summed E-state index contributed by atoms with van der Waals surface area (Å²) in [5, 5.41) is 0.147. The number of benzene rings is 3. The van der Waals surface area contributed by atoms with E-state index in [0.717, 1.165) is 18.2 Å². The average molecular weight is 600 g/mol. The Balaban J connectivity index is 1.40. The Bertz CT molecular complexity index is 2060. The Morgan fingerprint density at radius 3 is 2.66 bits per heavy atom. The lowest BCUT2D eigenvalue weighted by molar-refractivity contribution is -0.137. The number of carbonyl (C=O) groups excluding carboxylic acids is 1. The summed E-state index contributed by atoms with van der Waals surface area (Å²) < 4.78 is 73.0. The van der Waals surface area contributed by atoms with E-state index in [2.05, 4.69) is 4.98 Å². The monoisotopic (exact) mass is 599 g/mol. The highest BCUT2D eigenvalue weighted by molar-refractivity contribution is 5.87. The van der Waals surface area contributed by atoms with Gasteiger partial charge in [-0.05, 0) is 55.0 Å². The van der Waals surface area contributed by atoms with Crippen LogP contribution in [0.4, 0.5) is 17.6 Å². The summed E-state index contributed by atoms with van der Waals surface area (Å²) in [6, 6.07) is 16.4. The van der Waals surface area contributed by atoms with Crippen LogP contribution in [0.25, 0.3) is 33.9 Å². The predicted octanol–water partition coefficient (Wildman–Crippen LogP) is 8.56. The predicted molar refractivity (Wildman–Crippen MR) is 158 cm³/mol. The lowest BCUT2D eigenvalue weighted by Gasteiger charge is -2.13. The first kappa shape index (κ1) is 28.7. The molecular formula is C34H25F4N3O3. The first-order chi connectivity index (χ1) is 21.3. The number of hydrogen-bond donors (Lipinski definition) is 1. The molecule has 0 aliphatic carbocycles. The zero-order chi connectivity index (χ0) is 31.0. The maximum absolute atomic E-state index is 15.7. The Labute approximate surface area is 249 Å². The van der Waals surface area contributed by atoms with Crippen LogP contribution < -0.4 is 4.74 Å². The molecule has 10 heteroatoms. The van der Waals surface area contributed by atoms with Crippen LogP contribution in [0.2, 0.25) is 0 Å². The van der Waals surface area contributed by atoms with E-state index in [1.54, 1.807) is 60.8 Å². The summed E-state index contributed by atoms with van der Waals surface area (Å²) in [5.74, 6) is -4.62. The van der Waals surface area contributed by atoms with Gasteiger partial charge in [0.05, 0.1) is 28.9 Å². The molecule has 1 atom stereocenters. The van der Waals surface area contributed by atoms with E-state index < -0.39 is 40.9 Å². The van der Waals surface area contributed by atoms with Crippen molar-refractivity contribution in [3.63, 3.8) is 0 Å². The third kappa shape index (κ3) is 5.19. The van der Waals surface area contributed by atoms with Gasteiger partial charge in [0.1, 0.15) is 23.2 Å². The molecule has 0 amide bonds. The number of pyridine rings is 1. The molecule has 3 aromatic heterocycles. The second-order valence-corrected chi connectivity index (χ2v) is 10.0. The third-order valence-electron chi connectivity index (χ3n) is 7.30. The molecule has 0 radical (unpaired) electrons. The zero-order valence-electron chi connectivity index (χ0n) is 23.6. The highest BCUT2D eigenvalue weighted by atomic mass is 19.1. The number of esters is 1. The number of halogens is 4. The molecule has 6 aromatic rings. The maximum atomic E-state index is 15.7. The number of nitrogens with zero attached hydrogens (tertiary/aromatic N) is 2. The number of aromatic amines is 1. The molecular weight excluding hydrogens is 574 g/mol. The van der Waals surface area contributed by atoms with Crippen LogP contribution in [0, 0.1) is 23.3 Å². The van der Waals surface area contributed by atoms with E-state index in [1.165, 1.54) is 30.5 Å². The Hall–Kier alpha value is -5.38. The summed E-state index contributed by atoms with van der Waals surface area (Å²) in [6.45, 7) is 3.65. The fourth-order valence-electron chi connectivity index (χ4n) is 5.16. The first-order valence-corrected chi connectivity index (χ1v) is 13.8. The quantitative estimate of drug-likeness (QED) is 0.108. The molecule has 44 heavy (non-hydrogen) atoms. The second kappa shape index (κ2) is 11.7. The molecule has 1 N–H and O–H groups in total. The minimum absolute atomic E-state index is 0.0107. The molecule has 3 heterocycles. The molecule has 6 rings (SSSR count). The number of ether oxygens (including phenoxy) is 2. The van der Waals surface area contributed by atoms with Crippen LogP contribution in [0.1, 0.15) is 36.6 Å². The van der Waals surface area contributed by atoms with Gasteiger partial charge in [0.15, 0.2) is 17.4 Å². The smallest absolute Gasteiger partial charge is 0.330 e. The number of carbonyl (C=O) groups is 1. The minimum Gasteiger partial charge on any atom is -0.463 e. The Kier molecular flexibility index (Phi) is 7.65. The van der Waals surface area contributed by atoms with Crippen molar-refractivity contribution in [2.24, 2.45) is 0 Å². The Morgan fingerprint density at radius 1 is 1.00 bits per heavy atom. The molecule has 0 saturated heterocycles. The summed E-state index contributed by atoms with van der Waals surface area (Å²) in [4.78, 5) is 19.2. The van der Waals surface area contributed by atoms with Crippen LogP contribution in [0.15, 0.2) is 85.2 Å². The van der Waals surface area contributed by atoms with Crippen molar-refractivity contribution < 1.29 is 31.8 Å². The second-order valence-electron chi connectivity index (χ2n) is 10.0. The maximum Gasteiger partial charge on any atom is 0.330 e. The van der Waals surface area contributed by atoms with Crippen LogP contribution in [0.5, 0.6) is 11.5 Å². The van der Waals surface area contributed by atoms with Gasteiger partial charge < -0.3 is 14.5 Å². The van der Waals surface area contributed by atoms with Gasteiger partial charge in [0, 0.05) is 41.4 Å². The van der Waals surface area contributed by atoms with Crippen molar-refractivity contribution in [2.45, 2.75) is 19.8 Å². The first-order valence-electron chi connectivity index (χ1n) is 13.8. The summed E-state index contributed by atoms with van der Waals surface area (Å²) in [6.07, 6.45) is 5.68. The molecule has 0 fully saturated rings. The number of nitrogens with one attached hydrogen (secondary N) is 1. The molecule has 0 aliphatic rings. The van der Waals surface area contributed by atoms with Gasteiger partial charge in [-0.1, -0.05) is 31.2 Å². The number of imidazole rings is 1. The molecule has 0 bridgehead atoms. The molecule has 0 saturated carbocycles. The van der Waals surface area contributed by atoms with Crippen molar-refractivity contribution in [1.82, 2.24) is 14.4 Å². The fraction of sp³-hybridized carbons (Fsp3) is 0.118. The van der Waals surface area contributed by atoms with Crippen LogP contribution in [-0.2, 0) is 9.53 Å². The highest BCUT2D eigenvalue weighted by Gasteiger charge is 2.24. The van der Waals surface area contributed by atoms with Gasteiger partial charge >= 0.3 is 5.97 Å². The number of H-pyrrole nitrogens is 1. The van der Waals surface area contributed by atoms with Crippen LogP contribution in [-0.4, -0.2) is 26.9 Å². The molecule has 1 unspecified atom stereocenters. The molecule has 222 valence electrons. The van der Waals surface area contributed by atoms with Gasteiger partial charge in [-0.3, -0.25) is 4.40 Å². The van der Waals surface area contributed by atoms with E-state index in [4.69, 9.17) is 14.5 Å². The van der Waals surface area contributed by atoms with Gasteiger partial charge in [-0.2, -0.15) is 0 Å². The SMILES string of the molecule is CCOC(=O)/C=C\c1cccc(C(C)c2nc(-c3cc(Oc4c(F)cc5[nH]ccc5c4F)ccc3F)n3ccccc23)c1F. The largest absolute Gasteiger partial charge is 0.463 e. The zero-order valence-corrected chi connectivity index (χ0v) is 23.6. The molecule has 3 aromatic carbocycles. The van der Waals surface area contributed by atoms with E-state index >= 15 is 13.2 Å². The molecule has 6 nitrogen and oxygen atoms in total. The van der Waals surface area contributed by atoms with Crippen molar-refractivity contribution in [3.05, 3.63) is 125 Å². The highest BCUT2D eigenvalue weighted by Crippen LogP contribution is 2.37. The molecule has 0 spiro atoms. The standard InChI is InChI=1S/C34H25F4N3O3/c1-3-43-29(42)13-10-20-7-6-8-22(30(20)37)19(2)32-28-9-4-5-16-41(28)34(40-32)24-17-21(11-12-25(24)35)44-33-26(36)18-27-23(31(33)38)14-15-39-27/h4-19,39H,3H2,1-2H3/b13-10-. The van der Waals surface area contributed by atoms with Crippen LogP contribution >= 0.6 is 0 Å². The van der Waals surface area contributed by atoms with Gasteiger partial charge in [0.25, 0.3) is 0 Å². The van der Waals surface area contributed by atoms with Crippen LogP contribution in [0.3, 0.4) is 0 Å². The minimum atomic E-state index is -0.924. The van der Waals surface area contributed by atoms with E-state index in [1.807, 2.05) is 0 Å². The Morgan fingerprint density at radius 2 is 1.84 bits per heavy atom. The average Bonchev–Trinajstić information content (AvgIpc) is 3.64. The number of hydrogen-bond acceptors (Lipinski definition) is 4. The normalized spacial score (nSPS) is 12.3. The topological polar surface area (TPSA) is 68.6 Å². The molecule has 0 aliphatic heterocycles. The van der Waals surface area contributed by atoms with Gasteiger partial charge in [0.2, 0.25) is 0 Å². The lowest BCUT2D eigenvalue weighted by atomic mass is 9.94. The summed E-state index contributed by atoms with van der Waals surface area (Å²) in [5.41, 5.74) is 1.86. The number of aromatic nitrogens is 3. The van der Waals surface area contributed by atoms with Crippen molar-refractivity contribution in [3.8, 4) is 22.9 Å². The van der Waals surface area contributed by atoms with Gasteiger partial charge in [-0.15, -0.1) is 0 Å². The lowest BCUT2D eigenvalue weighted by Crippen LogP contribution is -2.03. The van der Waals surface area contributed by atoms with E-state index in [-0.39, 0.29) is 40.2 Å². The third-order valence-corrected chi connectivity index (χ3v) is 7.30. The van der Waals surface area contributed by atoms with E-state index in [9.17, 15) is 9.18 Å². The fourth-order valence-corrected chi connectivity index (χ4v) is 5.16. The summed E-state index contributed by atoms with van der Waals surface area (Å²) in [7, 11) is 0. The summed E-state index contributed by atoms with van der Waals surface area (Å²) >= 11 is 0. The van der Waals surface area contributed by atoms with Crippen molar-refractivity contribution >= 4 is 28.5 Å². The van der Waals surface area contributed by atoms with Crippen molar-refractivity contribution in [2.75, 3.05) is 6.61 Å². The van der Waals surface area contributed by atoms with Crippen molar-refractivity contribution in [1.29, 1.82) is 0 Å².